The molecule has 0 spiro atoms. The Hall–Kier alpha value is -0.630. The topological polar surface area (TPSA) is 3.01 Å². The van der Waals surface area contributed by atoms with Crippen molar-refractivity contribution in [1.29, 1.82) is 0 Å². The first-order valence-corrected chi connectivity index (χ1v) is 5.63. The maximum absolute atomic E-state index is 2.54. The lowest BCUT2D eigenvalue weighted by Crippen LogP contribution is -2.03. The van der Waals surface area contributed by atoms with Crippen LogP contribution in [0.2, 0.25) is 0 Å². The Bertz CT molecular complexity index is 335. The summed E-state index contributed by atoms with van der Waals surface area (Å²) in [4.78, 5) is 2.54. The molecule has 1 saturated heterocycles. The highest BCUT2D eigenvalue weighted by Gasteiger charge is 2.34. The standard InChI is InChI=1S/C13H19N.H2S/c1-4-11-8-6-7-10(3)13(11)14-9-12(14)5-2;/h6-8,12H,4-5,9H2,1-3H3;1H2/t12-,14?;/m1./s1. The highest BCUT2D eigenvalue weighted by molar-refractivity contribution is 7.59. The summed E-state index contributed by atoms with van der Waals surface area (Å²) < 4.78 is 0. The lowest BCUT2D eigenvalue weighted by Gasteiger charge is -2.13. The summed E-state index contributed by atoms with van der Waals surface area (Å²) in [5.74, 6) is 0. The van der Waals surface area contributed by atoms with Gasteiger partial charge in [0.1, 0.15) is 0 Å². The molecule has 0 unspecified atom stereocenters. The van der Waals surface area contributed by atoms with Crippen molar-refractivity contribution in [3.63, 3.8) is 0 Å². The van der Waals surface area contributed by atoms with Crippen LogP contribution < -0.4 is 4.90 Å². The average molecular weight is 223 g/mol. The van der Waals surface area contributed by atoms with Gasteiger partial charge in [-0.1, -0.05) is 32.0 Å². The molecule has 1 aliphatic heterocycles. The quantitative estimate of drug-likeness (QED) is 0.711. The molecule has 15 heavy (non-hydrogen) atoms. The van der Waals surface area contributed by atoms with Crippen molar-refractivity contribution in [3.8, 4) is 0 Å². The van der Waals surface area contributed by atoms with Crippen molar-refractivity contribution < 1.29 is 0 Å². The zero-order valence-electron chi connectivity index (χ0n) is 9.88. The molecule has 2 rings (SSSR count). The van der Waals surface area contributed by atoms with E-state index in [2.05, 4.69) is 43.9 Å². The van der Waals surface area contributed by atoms with Crippen LogP contribution in [0.3, 0.4) is 0 Å². The highest BCUT2D eigenvalue weighted by Crippen LogP contribution is 2.35. The van der Waals surface area contributed by atoms with E-state index in [0.29, 0.717) is 0 Å². The van der Waals surface area contributed by atoms with Crippen LogP contribution in [0.5, 0.6) is 0 Å². The number of para-hydroxylation sites is 1. The summed E-state index contributed by atoms with van der Waals surface area (Å²) in [7, 11) is 0. The number of hydrogen-bond donors (Lipinski definition) is 0. The molecule has 1 aromatic carbocycles. The third-order valence-electron chi connectivity index (χ3n) is 3.18. The van der Waals surface area contributed by atoms with E-state index in [-0.39, 0.29) is 13.5 Å². The van der Waals surface area contributed by atoms with Gasteiger partial charge >= 0.3 is 0 Å². The fraction of sp³-hybridized carbons (Fsp3) is 0.538. The SMILES string of the molecule is CCc1cccc(C)c1N1C[C@H]1CC.S. The number of aryl methyl sites for hydroxylation is 2. The molecule has 0 amide bonds. The van der Waals surface area contributed by atoms with Gasteiger partial charge in [-0.25, -0.2) is 0 Å². The molecule has 0 radical (unpaired) electrons. The number of anilines is 1. The second kappa shape index (κ2) is 4.93. The molecule has 2 heteroatoms. The highest BCUT2D eigenvalue weighted by atomic mass is 32.1. The first-order chi connectivity index (χ1) is 6.77. The van der Waals surface area contributed by atoms with E-state index in [1.54, 1.807) is 0 Å². The molecule has 1 aliphatic rings. The van der Waals surface area contributed by atoms with Crippen LogP contribution in [-0.4, -0.2) is 12.6 Å². The summed E-state index contributed by atoms with van der Waals surface area (Å²) in [6.45, 7) is 7.99. The molecule has 1 fully saturated rings. The molecule has 84 valence electrons. The van der Waals surface area contributed by atoms with Crippen LogP contribution in [0.25, 0.3) is 0 Å². The normalized spacial score (nSPS) is 18.6. The van der Waals surface area contributed by atoms with E-state index >= 15 is 0 Å². The molecule has 1 heterocycles. The lowest BCUT2D eigenvalue weighted by molar-refractivity contribution is 0.915. The third-order valence-corrected chi connectivity index (χ3v) is 3.18. The van der Waals surface area contributed by atoms with Crippen molar-refractivity contribution in [1.82, 2.24) is 0 Å². The van der Waals surface area contributed by atoms with Crippen LogP contribution in [0, 0.1) is 6.92 Å². The van der Waals surface area contributed by atoms with E-state index in [4.69, 9.17) is 0 Å². The molecule has 0 aromatic heterocycles. The van der Waals surface area contributed by atoms with Crippen molar-refractivity contribution >= 4 is 19.2 Å². The smallest absolute Gasteiger partial charge is 0.0463 e. The minimum Gasteiger partial charge on any atom is -0.364 e. The number of hydrogen-bond acceptors (Lipinski definition) is 1. The van der Waals surface area contributed by atoms with Crippen molar-refractivity contribution in [2.24, 2.45) is 0 Å². The van der Waals surface area contributed by atoms with Crippen molar-refractivity contribution in [2.45, 2.75) is 39.7 Å². The van der Waals surface area contributed by atoms with Gasteiger partial charge in [0.25, 0.3) is 0 Å². The van der Waals surface area contributed by atoms with Gasteiger partial charge in [0, 0.05) is 18.3 Å². The van der Waals surface area contributed by atoms with Gasteiger partial charge < -0.3 is 4.90 Å². The number of nitrogens with zero attached hydrogens (tertiary/aromatic N) is 1. The summed E-state index contributed by atoms with van der Waals surface area (Å²) in [6, 6.07) is 7.45. The number of benzene rings is 1. The predicted molar refractivity (Wildman–Crippen MR) is 72.4 cm³/mol. The molecule has 1 aromatic rings. The monoisotopic (exact) mass is 223 g/mol. The fourth-order valence-electron chi connectivity index (χ4n) is 2.22. The maximum atomic E-state index is 2.54. The second-order valence-electron chi connectivity index (χ2n) is 4.15. The Morgan fingerprint density at radius 1 is 1.33 bits per heavy atom. The lowest BCUT2D eigenvalue weighted by atomic mass is 10.1. The van der Waals surface area contributed by atoms with Gasteiger partial charge in [0.15, 0.2) is 0 Å². The Balaban J connectivity index is 0.00000112. The van der Waals surface area contributed by atoms with Crippen molar-refractivity contribution in [2.75, 3.05) is 11.4 Å². The van der Waals surface area contributed by atoms with E-state index in [1.165, 1.54) is 29.8 Å². The predicted octanol–water partition coefficient (Wildman–Crippen LogP) is 3.27. The minimum atomic E-state index is 0. The second-order valence-corrected chi connectivity index (χ2v) is 4.15. The summed E-state index contributed by atoms with van der Waals surface area (Å²) in [6.07, 6.45) is 2.42. The van der Waals surface area contributed by atoms with Crippen LogP contribution in [0.15, 0.2) is 18.2 Å². The Morgan fingerprint density at radius 2 is 2.07 bits per heavy atom. The Morgan fingerprint density at radius 3 is 2.60 bits per heavy atom. The summed E-state index contributed by atoms with van der Waals surface area (Å²) in [5.41, 5.74) is 4.43. The zero-order chi connectivity index (χ0) is 10.1. The van der Waals surface area contributed by atoms with Crippen LogP contribution in [0.1, 0.15) is 31.4 Å². The Kier molecular flexibility index (Phi) is 4.09. The largest absolute Gasteiger partial charge is 0.364 e. The molecular weight excluding hydrogens is 202 g/mol. The first-order valence-electron chi connectivity index (χ1n) is 5.63. The Labute approximate surface area is 99.9 Å². The van der Waals surface area contributed by atoms with E-state index in [0.717, 1.165) is 12.5 Å². The summed E-state index contributed by atoms with van der Waals surface area (Å²) >= 11 is 0. The molecule has 0 aliphatic carbocycles. The van der Waals surface area contributed by atoms with Gasteiger partial charge in [-0.05, 0) is 30.9 Å². The third kappa shape index (κ3) is 2.31. The van der Waals surface area contributed by atoms with Crippen LogP contribution >= 0.6 is 13.5 Å². The number of rotatable bonds is 3. The molecule has 1 nitrogen and oxygen atoms in total. The average Bonchev–Trinajstić information content (AvgIpc) is 2.96. The zero-order valence-corrected chi connectivity index (χ0v) is 10.9. The van der Waals surface area contributed by atoms with E-state index in [1.807, 2.05) is 0 Å². The van der Waals surface area contributed by atoms with Crippen LogP contribution in [0.4, 0.5) is 5.69 Å². The first kappa shape index (κ1) is 12.4. The minimum absolute atomic E-state index is 0. The molecule has 1 atom stereocenters. The van der Waals surface area contributed by atoms with Gasteiger partial charge in [-0.3, -0.25) is 0 Å². The summed E-state index contributed by atoms with van der Waals surface area (Å²) in [5, 5.41) is 0. The van der Waals surface area contributed by atoms with Crippen molar-refractivity contribution in [3.05, 3.63) is 29.3 Å². The van der Waals surface area contributed by atoms with E-state index < -0.39 is 0 Å². The van der Waals surface area contributed by atoms with Gasteiger partial charge in [0.05, 0.1) is 0 Å². The van der Waals surface area contributed by atoms with Crippen LogP contribution in [-0.2, 0) is 6.42 Å². The van der Waals surface area contributed by atoms with Gasteiger partial charge in [-0.15, -0.1) is 0 Å². The molecule has 0 bridgehead atoms. The maximum Gasteiger partial charge on any atom is 0.0463 e. The molecule has 0 saturated carbocycles. The fourth-order valence-corrected chi connectivity index (χ4v) is 2.22. The molecule has 0 N–H and O–H groups in total. The van der Waals surface area contributed by atoms with E-state index in [9.17, 15) is 0 Å². The van der Waals surface area contributed by atoms with Gasteiger partial charge in [-0.2, -0.15) is 13.5 Å². The molecular formula is C13H21NS. The van der Waals surface area contributed by atoms with Gasteiger partial charge in [0.2, 0.25) is 0 Å².